The summed E-state index contributed by atoms with van der Waals surface area (Å²) in [6.07, 6.45) is 0.386. The molecule has 1 amide bonds. The number of fused-ring (bicyclic) bond motifs is 1. The molecule has 4 rings (SSSR count). The number of aryl methyl sites for hydroxylation is 1. The number of para-hydroxylation sites is 1. The Balaban J connectivity index is 1.35. The van der Waals surface area contributed by atoms with Crippen molar-refractivity contribution in [2.45, 2.75) is 40.7 Å². The number of carbonyl (C=O) groups is 2. The molecule has 0 spiro atoms. The molecule has 4 aromatic rings. The number of amides is 1. The molecule has 0 saturated heterocycles. The Morgan fingerprint density at radius 2 is 1.85 bits per heavy atom. The number of hydrogen-bond donors (Lipinski definition) is 2. The molecular weight excluding hydrogens is 516 g/mol. The topological polar surface area (TPSA) is 123 Å². The maximum absolute atomic E-state index is 12.8. The van der Waals surface area contributed by atoms with Gasteiger partial charge in [0.15, 0.2) is 0 Å². The van der Waals surface area contributed by atoms with E-state index in [1.165, 1.54) is 0 Å². The molecule has 2 aromatic heterocycles. The van der Waals surface area contributed by atoms with Crippen LogP contribution in [-0.4, -0.2) is 40.2 Å². The molecule has 204 valence electrons. The summed E-state index contributed by atoms with van der Waals surface area (Å²) >= 11 is 0.999. The van der Waals surface area contributed by atoms with Gasteiger partial charge in [0.2, 0.25) is 0 Å². The summed E-state index contributed by atoms with van der Waals surface area (Å²) in [6.45, 7) is 8.01. The van der Waals surface area contributed by atoms with Gasteiger partial charge in [-0.05, 0) is 64.1 Å². The third-order valence-electron chi connectivity index (χ3n) is 6.00. The van der Waals surface area contributed by atoms with Crippen LogP contribution in [-0.2, 0) is 22.6 Å². The van der Waals surface area contributed by atoms with E-state index in [1.807, 2.05) is 37.3 Å². The number of H-pyrrole nitrogens is 1. The number of pyridine rings is 1. The Morgan fingerprint density at radius 1 is 1.10 bits per heavy atom. The zero-order valence-corrected chi connectivity index (χ0v) is 23.3. The van der Waals surface area contributed by atoms with E-state index in [2.05, 4.69) is 20.5 Å². The first-order chi connectivity index (χ1) is 18.6. The molecule has 1 atom stereocenters. The minimum absolute atomic E-state index is 0.0973. The van der Waals surface area contributed by atoms with E-state index in [0.29, 0.717) is 29.3 Å². The Hall–Kier alpha value is -4.05. The molecule has 0 radical (unpaired) electrons. The van der Waals surface area contributed by atoms with Crippen molar-refractivity contribution >= 4 is 34.1 Å². The summed E-state index contributed by atoms with van der Waals surface area (Å²) in [5.41, 5.74) is 2.73. The zero-order valence-electron chi connectivity index (χ0n) is 22.4. The average molecular weight is 549 g/mol. The molecule has 0 fully saturated rings. The highest BCUT2D eigenvalue weighted by Gasteiger charge is 2.25. The maximum atomic E-state index is 12.8. The quantitative estimate of drug-likeness (QED) is 0.281. The summed E-state index contributed by atoms with van der Waals surface area (Å²) < 4.78 is 11.5. The number of esters is 1. The predicted molar refractivity (Wildman–Crippen MR) is 150 cm³/mol. The summed E-state index contributed by atoms with van der Waals surface area (Å²) in [7, 11) is 0. The van der Waals surface area contributed by atoms with Crippen LogP contribution < -0.4 is 14.9 Å². The Labute approximate surface area is 230 Å². The van der Waals surface area contributed by atoms with E-state index >= 15 is 0 Å². The Kier molecular flexibility index (Phi) is 8.75. The van der Waals surface area contributed by atoms with Crippen molar-refractivity contribution in [3.05, 3.63) is 86.1 Å². The van der Waals surface area contributed by atoms with E-state index < -0.39 is 5.41 Å². The number of hydrogen-bond acceptors (Lipinski definition) is 8. The van der Waals surface area contributed by atoms with Crippen molar-refractivity contribution in [3.63, 3.8) is 0 Å². The highest BCUT2D eigenvalue weighted by molar-refractivity contribution is 7.08. The molecule has 0 bridgehead atoms. The number of rotatable bonds is 10. The van der Waals surface area contributed by atoms with Gasteiger partial charge in [-0.25, -0.2) is 5.10 Å². The first kappa shape index (κ1) is 28.0. The largest absolute Gasteiger partial charge is 0.489 e. The van der Waals surface area contributed by atoms with Crippen molar-refractivity contribution in [3.8, 4) is 5.75 Å². The molecule has 1 unspecified atom stereocenters. The van der Waals surface area contributed by atoms with Gasteiger partial charge in [0.25, 0.3) is 5.91 Å². The second kappa shape index (κ2) is 12.2. The predicted octanol–water partition coefficient (Wildman–Crippen LogP) is 4.45. The Morgan fingerprint density at radius 3 is 2.54 bits per heavy atom. The zero-order chi connectivity index (χ0) is 28.0. The maximum Gasteiger partial charge on any atom is 0.322 e. The van der Waals surface area contributed by atoms with Gasteiger partial charge < -0.3 is 14.8 Å². The van der Waals surface area contributed by atoms with Crippen molar-refractivity contribution in [1.29, 1.82) is 0 Å². The lowest BCUT2D eigenvalue weighted by atomic mass is 9.97. The van der Waals surface area contributed by atoms with Crippen LogP contribution in [0, 0.1) is 18.3 Å². The third-order valence-corrected chi connectivity index (χ3v) is 6.77. The number of carbonyl (C=O) groups excluding carboxylic acids is 2. The van der Waals surface area contributed by atoms with Crippen LogP contribution >= 0.6 is 11.3 Å². The fourth-order valence-electron chi connectivity index (χ4n) is 3.91. The fourth-order valence-corrected chi connectivity index (χ4v) is 4.63. The highest BCUT2D eigenvalue weighted by atomic mass is 32.1. The van der Waals surface area contributed by atoms with E-state index in [9.17, 15) is 14.4 Å². The van der Waals surface area contributed by atoms with E-state index in [4.69, 9.17) is 9.47 Å². The van der Waals surface area contributed by atoms with Crippen LogP contribution in [0.3, 0.4) is 0 Å². The van der Waals surface area contributed by atoms with Crippen molar-refractivity contribution < 1.29 is 19.1 Å². The van der Waals surface area contributed by atoms with Gasteiger partial charge in [0.1, 0.15) is 17.4 Å². The van der Waals surface area contributed by atoms with Crippen LogP contribution in [0.25, 0.3) is 10.9 Å². The first-order valence-electron chi connectivity index (χ1n) is 12.7. The summed E-state index contributed by atoms with van der Waals surface area (Å²) in [4.78, 5) is 40.9. The van der Waals surface area contributed by atoms with Gasteiger partial charge in [-0.3, -0.25) is 19.4 Å². The van der Waals surface area contributed by atoms with E-state index in [1.54, 1.807) is 45.0 Å². The van der Waals surface area contributed by atoms with Gasteiger partial charge in [0, 0.05) is 41.1 Å². The monoisotopic (exact) mass is 548 g/mol. The molecule has 2 aromatic carbocycles. The van der Waals surface area contributed by atoms with Gasteiger partial charge in [-0.1, -0.05) is 29.5 Å². The Bertz CT molecular complexity index is 1500. The smallest absolute Gasteiger partial charge is 0.322 e. The first-order valence-corrected chi connectivity index (χ1v) is 13.5. The second-order valence-electron chi connectivity index (χ2n) is 10.4. The molecule has 10 heteroatoms. The molecule has 0 aliphatic rings. The van der Waals surface area contributed by atoms with Crippen LogP contribution in [0.5, 0.6) is 5.75 Å². The van der Waals surface area contributed by atoms with Crippen molar-refractivity contribution in [2.24, 2.45) is 11.3 Å². The van der Waals surface area contributed by atoms with Crippen LogP contribution in [0.15, 0.2) is 59.4 Å². The number of benzene rings is 2. The molecule has 9 nitrogen and oxygen atoms in total. The number of nitrogens with one attached hydrogen (secondary N) is 2. The van der Waals surface area contributed by atoms with Crippen molar-refractivity contribution in [2.75, 3.05) is 13.2 Å². The minimum Gasteiger partial charge on any atom is -0.489 e. The number of nitrogens with zero attached hydrogens (tertiary/aromatic N) is 2. The highest BCUT2D eigenvalue weighted by Crippen LogP contribution is 2.21. The SMILES string of the molecule is Cc1cc(COc2ccc(C(=O)NCC(COC(=O)C(C)(C)C)Cc3n[nH]c(=O)s3)cc2)c2ccccc2n1. The number of aromatic nitrogens is 3. The van der Waals surface area contributed by atoms with Crippen LogP contribution in [0.4, 0.5) is 0 Å². The van der Waals surface area contributed by atoms with Crippen molar-refractivity contribution in [1.82, 2.24) is 20.5 Å². The number of aromatic amines is 1. The lowest BCUT2D eigenvalue weighted by molar-refractivity contribution is -0.154. The van der Waals surface area contributed by atoms with Crippen LogP contribution in [0.1, 0.15) is 47.4 Å². The molecule has 0 saturated carbocycles. The minimum atomic E-state index is -0.641. The normalized spacial score (nSPS) is 12.2. The standard InChI is InChI=1S/C29H32N4O5S/c1-18-13-21(23-7-5-6-8-24(23)31-18)17-37-22-11-9-20(10-12-22)26(34)30-15-19(14-25-32-33-28(36)39-25)16-38-27(35)29(2,3)4/h5-13,19H,14-17H2,1-4H3,(H,30,34)(H,33,36). The van der Waals surface area contributed by atoms with Crippen LogP contribution in [0.2, 0.25) is 0 Å². The lowest BCUT2D eigenvalue weighted by Gasteiger charge is -2.21. The van der Waals surface area contributed by atoms with Gasteiger partial charge >= 0.3 is 10.8 Å². The molecule has 0 aliphatic carbocycles. The van der Waals surface area contributed by atoms with E-state index in [0.717, 1.165) is 33.5 Å². The summed E-state index contributed by atoms with van der Waals surface area (Å²) in [6, 6.07) is 16.9. The fraction of sp³-hybridized carbons (Fsp3) is 0.345. The van der Waals surface area contributed by atoms with Gasteiger partial charge in [-0.2, -0.15) is 5.10 Å². The third kappa shape index (κ3) is 7.73. The molecule has 0 aliphatic heterocycles. The molecule has 2 N–H and O–H groups in total. The lowest BCUT2D eigenvalue weighted by Crippen LogP contribution is -2.34. The van der Waals surface area contributed by atoms with Gasteiger partial charge in [-0.15, -0.1) is 0 Å². The second-order valence-corrected chi connectivity index (χ2v) is 11.4. The molecule has 2 heterocycles. The summed E-state index contributed by atoms with van der Waals surface area (Å²) in [5, 5.41) is 10.9. The summed E-state index contributed by atoms with van der Waals surface area (Å²) in [5.74, 6) is -0.204. The molecular formula is C29H32N4O5S. The average Bonchev–Trinajstić information content (AvgIpc) is 3.32. The molecule has 39 heavy (non-hydrogen) atoms. The number of ether oxygens (including phenoxy) is 2. The van der Waals surface area contributed by atoms with Gasteiger partial charge in [0.05, 0.1) is 17.5 Å². The van der Waals surface area contributed by atoms with E-state index in [-0.39, 0.29) is 35.8 Å².